The summed E-state index contributed by atoms with van der Waals surface area (Å²) in [5.41, 5.74) is 2.60. The van der Waals surface area contributed by atoms with Crippen molar-refractivity contribution >= 4 is 11.7 Å². The number of morpholine rings is 1. The number of anilines is 1. The van der Waals surface area contributed by atoms with Gasteiger partial charge in [0.25, 0.3) is 5.91 Å². The van der Waals surface area contributed by atoms with Gasteiger partial charge in [-0.05, 0) is 49.2 Å². The largest absolute Gasteiger partial charge is 0.492 e. The van der Waals surface area contributed by atoms with E-state index in [1.807, 2.05) is 32.0 Å². The fourth-order valence-electron chi connectivity index (χ4n) is 2.85. The summed E-state index contributed by atoms with van der Waals surface area (Å²) < 4.78 is 11.0. The number of hydrogen-bond acceptors (Lipinski definition) is 6. The van der Waals surface area contributed by atoms with Crippen LogP contribution in [0.4, 0.5) is 5.82 Å². The minimum atomic E-state index is -0.255. The molecule has 138 valence electrons. The van der Waals surface area contributed by atoms with Gasteiger partial charge in [0.15, 0.2) is 11.5 Å². The number of benzene rings is 1. The molecule has 1 N–H and O–H groups in total. The summed E-state index contributed by atoms with van der Waals surface area (Å²) in [6, 6.07) is 9.56. The molecule has 0 saturated carbocycles. The number of ether oxygens (including phenoxy) is 2. The van der Waals surface area contributed by atoms with Gasteiger partial charge in [-0.1, -0.05) is 6.07 Å². The van der Waals surface area contributed by atoms with E-state index in [4.69, 9.17) is 9.47 Å². The Morgan fingerprint density at radius 3 is 2.54 bits per heavy atom. The number of nitrogens with one attached hydrogen (secondary N) is 1. The second-order valence-corrected chi connectivity index (χ2v) is 6.30. The fourth-order valence-corrected chi connectivity index (χ4v) is 2.85. The quantitative estimate of drug-likeness (QED) is 0.795. The minimum absolute atomic E-state index is 0.255. The van der Waals surface area contributed by atoms with E-state index in [0.717, 1.165) is 35.8 Å². The van der Waals surface area contributed by atoms with Gasteiger partial charge < -0.3 is 19.7 Å². The van der Waals surface area contributed by atoms with E-state index in [9.17, 15) is 4.79 Å². The summed E-state index contributed by atoms with van der Waals surface area (Å²) in [6.07, 6.45) is 0. The Bertz CT molecular complexity index is 723. The number of hydrogen-bond donors (Lipinski definition) is 1. The molecule has 0 spiro atoms. The van der Waals surface area contributed by atoms with Crippen LogP contribution in [0.5, 0.6) is 5.75 Å². The summed E-state index contributed by atoms with van der Waals surface area (Å²) in [5, 5.41) is 11.0. The smallest absolute Gasteiger partial charge is 0.271 e. The van der Waals surface area contributed by atoms with Crippen molar-refractivity contribution in [2.45, 2.75) is 13.8 Å². The van der Waals surface area contributed by atoms with Gasteiger partial charge in [-0.15, -0.1) is 10.2 Å². The zero-order chi connectivity index (χ0) is 18.4. The third kappa shape index (κ3) is 4.92. The van der Waals surface area contributed by atoms with Gasteiger partial charge >= 0.3 is 0 Å². The number of aryl methyl sites for hydroxylation is 2. The highest BCUT2D eigenvalue weighted by atomic mass is 16.5. The molecular formula is C19H24N4O3. The summed E-state index contributed by atoms with van der Waals surface area (Å²) in [6.45, 7) is 7.80. The first kappa shape index (κ1) is 18.1. The summed E-state index contributed by atoms with van der Waals surface area (Å²) in [5.74, 6) is 1.32. The van der Waals surface area contributed by atoms with Crippen LogP contribution in [0.25, 0.3) is 0 Å². The van der Waals surface area contributed by atoms with Crippen LogP contribution in [-0.2, 0) is 4.74 Å². The van der Waals surface area contributed by atoms with Crippen LogP contribution in [0.15, 0.2) is 30.3 Å². The second kappa shape index (κ2) is 8.62. The van der Waals surface area contributed by atoms with Crippen molar-refractivity contribution in [2.24, 2.45) is 0 Å². The van der Waals surface area contributed by atoms with Crippen LogP contribution < -0.4 is 15.0 Å². The Balaban J connectivity index is 1.45. The first-order valence-corrected chi connectivity index (χ1v) is 8.77. The van der Waals surface area contributed by atoms with Gasteiger partial charge in [-0.3, -0.25) is 4.79 Å². The van der Waals surface area contributed by atoms with Crippen molar-refractivity contribution in [3.63, 3.8) is 0 Å². The highest BCUT2D eigenvalue weighted by Crippen LogP contribution is 2.16. The van der Waals surface area contributed by atoms with Crippen LogP contribution in [-0.4, -0.2) is 55.6 Å². The third-order valence-electron chi connectivity index (χ3n) is 4.07. The molecule has 0 bridgehead atoms. The Hall–Kier alpha value is -2.67. The molecule has 0 atom stereocenters. The molecule has 1 saturated heterocycles. The molecule has 7 nitrogen and oxygen atoms in total. The number of carbonyl (C=O) groups excluding carboxylic acids is 1. The highest BCUT2D eigenvalue weighted by Gasteiger charge is 2.14. The monoisotopic (exact) mass is 356 g/mol. The van der Waals surface area contributed by atoms with Gasteiger partial charge in [0.1, 0.15) is 12.4 Å². The standard InChI is InChI=1S/C19H24N4O3/c1-14-11-15(2)13-16(12-14)26-8-5-20-19(24)17-3-4-18(22-21-17)23-6-9-25-10-7-23/h3-4,11-13H,5-10H2,1-2H3,(H,20,24). The molecule has 0 aliphatic carbocycles. The topological polar surface area (TPSA) is 76.6 Å². The molecule has 7 heteroatoms. The maximum Gasteiger partial charge on any atom is 0.271 e. The molecule has 3 rings (SSSR count). The molecule has 26 heavy (non-hydrogen) atoms. The van der Waals surface area contributed by atoms with Crippen molar-refractivity contribution in [2.75, 3.05) is 44.4 Å². The molecule has 0 unspecified atom stereocenters. The number of carbonyl (C=O) groups is 1. The summed E-state index contributed by atoms with van der Waals surface area (Å²) in [4.78, 5) is 14.2. The van der Waals surface area contributed by atoms with E-state index in [-0.39, 0.29) is 5.91 Å². The zero-order valence-corrected chi connectivity index (χ0v) is 15.2. The van der Waals surface area contributed by atoms with Gasteiger partial charge in [-0.25, -0.2) is 0 Å². The van der Waals surface area contributed by atoms with Gasteiger partial charge in [0, 0.05) is 13.1 Å². The summed E-state index contributed by atoms with van der Waals surface area (Å²) >= 11 is 0. The normalized spacial score (nSPS) is 14.2. The second-order valence-electron chi connectivity index (χ2n) is 6.30. The lowest BCUT2D eigenvalue weighted by Gasteiger charge is -2.27. The molecular weight excluding hydrogens is 332 g/mol. The predicted molar refractivity (Wildman–Crippen MR) is 98.8 cm³/mol. The fraction of sp³-hybridized carbons (Fsp3) is 0.421. The first-order valence-electron chi connectivity index (χ1n) is 8.77. The number of aromatic nitrogens is 2. The van der Waals surface area contributed by atoms with Crippen LogP contribution in [0.3, 0.4) is 0 Å². The van der Waals surface area contributed by atoms with Crippen LogP contribution in [0, 0.1) is 13.8 Å². The Morgan fingerprint density at radius 2 is 1.88 bits per heavy atom. The van der Waals surface area contributed by atoms with E-state index < -0.39 is 0 Å². The summed E-state index contributed by atoms with van der Waals surface area (Å²) in [7, 11) is 0. The molecule has 1 aliphatic heterocycles. The lowest BCUT2D eigenvalue weighted by atomic mass is 10.1. The van der Waals surface area contributed by atoms with Crippen LogP contribution in [0.1, 0.15) is 21.6 Å². The van der Waals surface area contributed by atoms with Gasteiger partial charge in [0.05, 0.1) is 19.8 Å². The van der Waals surface area contributed by atoms with Crippen molar-refractivity contribution < 1.29 is 14.3 Å². The van der Waals surface area contributed by atoms with Crippen molar-refractivity contribution in [3.8, 4) is 5.75 Å². The average Bonchev–Trinajstić information content (AvgIpc) is 2.65. The molecule has 1 aliphatic rings. The highest BCUT2D eigenvalue weighted by molar-refractivity contribution is 5.92. The van der Waals surface area contributed by atoms with Crippen LogP contribution >= 0.6 is 0 Å². The van der Waals surface area contributed by atoms with Gasteiger partial charge in [-0.2, -0.15) is 0 Å². The third-order valence-corrected chi connectivity index (χ3v) is 4.07. The van der Waals surface area contributed by atoms with E-state index in [2.05, 4.69) is 26.5 Å². The lowest BCUT2D eigenvalue weighted by molar-refractivity contribution is 0.0940. The molecule has 1 aromatic heterocycles. The van der Waals surface area contributed by atoms with Gasteiger partial charge in [0.2, 0.25) is 0 Å². The maximum absolute atomic E-state index is 12.1. The number of amides is 1. The molecule has 1 aromatic carbocycles. The number of nitrogens with zero attached hydrogens (tertiary/aromatic N) is 3. The maximum atomic E-state index is 12.1. The van der Waals surface area contributed by atoms with E-state index >= 15 is 0 Å². The molecule has 2 aromatic rings. The average molecular weight is 356 g/mol. The molecule has 2 heterocycles. The van der Waals surface area contributed by atoms with Crippen LogP contribution in [0.2, 0.25) is 0 Å². The first-order chi connectivity index (χ1) is 12.6. The molecule has 1 amide bonds. The Labute approximate surface area is 153 Å². The molecule has 1 fully saturated rings. The zero-order valence-electron chi connectivity index (χ0n) is 15.2. The van der Waals surface area contributed by atoms with Crippen molar-refractivity contribution in [1.82, 2.24) is 15.5 Å². The lowest BCUT2D eigenvalue weighted by Crippen LogP contribution is -2.37. The van der Waals surface area contributed by atoms with Crippen molar-refractivity contribution in [3.05, 3.63) is 47.2 Å². The minimum Gasteiger partial charge on any atom is -0.492 e. The van der Waals surface area contributed by atoms with E-state index in [1.54, 1.807) is 6.07 Å². The van der Waals surface area contributed by atoms with E-state index in [1.165, 1.54) is 0 Å². The van der Waals surface area contributed by atoms with E-state index in [0.29, 0.717) is 32.1 Å². The Kier molecular flexibility index (Phi) is 6.01. The Morgan fingerprint density at radius 1 is 1.15 bits per heavy atom. The predicted octanol–water partition coefficient (Wildman–Crippen LogP) is 1.74. The van der Waals surface area contributed by atoms with Crippen molar-refractivity contribution in [1.29, 1.82) is 0 Å². The number of rotatable bonds is 6. The SMILES string of the molecule is Cc1cc(C)cc(OCCNC(=O)c2ccc(N3CCOCC3)nn2)c1. The molecule has 0 radical (unpaired) electrons.